The molecular weight excluding hydrogens is 316 g/mol. The summed E-state index contributed by atoms with van der Waals surface area (Å²) >= 11 is 3.36. The Bertz CT molecular complexity index is 506. The van der Waals surface area contributed by atoms with E-state index in [0.29, 0.717) is 11.4 Å². The first-order valence-corrected chi connectivity index (χ1v) is 7.99. The van der Waals surface area contributed by atoms with Crippen LogP contribution in [0.5, 0.6) is 0 Å². The van der Waals surface area contributed by atoms with Crippen LogP contribution in [-0.2, 0) is 10.0 Å². The summed E-state index contributed by atoms with van der Waals surface area (Å²) in [7, 11) is -1.65. The van der Waals surface area contributed by atoms with E-state index in [-0.39, 0.29) is 6.04 Å². The van der Waals surface area contributed by atoms with E-state index in [4.69, 9.17) is 0 Å². The number of sulfonamides is 1. The molecule has 102 valence electrons. The number of nitrogens with one attached hydrogen (secondary N) is 2. The van der Waals surface area contributed by atoms with Crippen LogP contribution >= 0.6 is 15.9 Å². The molecule has 2 N–H and O–H groups in total. The minimum atomic E-state index is -3.45. The Labute approximate surface area is 117 Å². The number of aryl methyl sites for hydroxylation is 2. The van der Waals surface area contributed by atoms with Crippen LogP contribution in [0.4, 0.5) is 0 Å². The maximum Gasteiger partial charge on any atom is 0.241 e. The van der Waals surface area contributed by atoms with Crippen molar-refractivity contribution in [2.24, 2.45) is 0 Å². The average Bonchev–Trinajstić information content (AvgIpc) is 2.24. The topological polar surface area (TPSA) is 58.2 Å². The second-order valence-corrected chi connectivity index (χ2v) is 7.03. The number of benzene rings is 1. The molecule has 6 heteroatoms. The second kappa shape index (κ2) is 6.14. The summed E-state index contributed by atoms with van der Waals surface area (Å²) in [5, 5.41) is 2.99. The Morgan fingerprint density at radius 1 is 1.28 bits per heavy atom. The molecule has 0 heterocycles. The van der Waals surface area contributed by atoms with Crippen molar-refractivity contribution in [3.8, 4) is 0 Å². The van der Waals surface area contributed by atoms with Crippen molar-refractivity contribution in [2.75, 3.05) is 13.6 Å². The van der Waals surface area contributed by atoms with Crippen molar-refractivity contribution in [2.45, 2.75) is 31.7 Å². The van der Waals surface area contributed by atoms with Gasteiger partial charge in [-0.25, -0.2) is 13.1 Å². The molecule has 0 aliphatic rings. The Hall–Kier alpha value is -0.430. The van der Waals surface area contributed by atoms with E-state index in [0.717, 1.165) is 15.6 Å². The van der Waals surface area contributed by atoms with Gasteiger partial charge in [0.05, 0.1) is 4.90 Å². The van der Waals surface area contributed by atoms with Crippen LogP contribution in [0.2, 0.25) is 0 Å². The maximum absolute atomic E-state index is 12.3. The molecule has 0 aliphatic heterocycles. The molecule has 0 saturated heterocycles. The van der Waals surface area contributed by atoms with Gasteiger partial charge in [-0.2, -0.15) is 0 Å². The van der Waals surface area contributed by atoms with Crippen molar-refractivity contribution in [1.29, 1.82) is 0 Å². The van der Waals surface area contributed by atoms with Crippen LogP contribution in [0.3, 0.4) is 0 Å². The lowest BCUT2D eigenvalue weighted by atomic mass is 10.2. The first-order chi connectivity index (χ1) is 8.27. The minimum absolute atomic E-state index is 0.0934. The van der Waals surface area contributed by atoms with Gasteiger partial charge in [-0.05, 0) is 51.1 Å². The van der Waals surface area contributed by atoms with Gasteiger partial charge in [0.2, 0.25) is 10.0 Å². The van der Waals surface area contributed by atoms with Gasteiger partial charge < -0.3 is 5.32 Å². The highest BCUT2D eigenvalue weighted by atomic mass is 79.9. The van der Waals surface area contributed by atoms with E-state index in [1.807, 2.05) is 19.1 Å². The summed E-state index contributed by atoms with van der Waals surface area (Å²) in [6.07, 6.45) is 0. The summed E-state index contributed by atoms with van der Waals surface area (Å²) < 4.78 is 28.0. The van der Waals surface area contributed by atoms with Gasteiger partial charge in [0.1, 0.15) is 0 Å². The van der Waals surface area contributed by atoms with Crippen molar-refractivity contribution in [3.63, 3.8) is 0 Å². The smallest absolute Gasteiger partial charge is 0.241 e. The van der Waals surface area contributed by atoms with Crippen LogP contribution in [-0.4, -0.2) is 28.1 Å². The lowest BCUT2D eigenvalue weighted by Gasteiger charge is -2.15. The molecule has 0 amide bonds. The van der Waals surface area contributed by atoms with E-state index in [2.05, 4.69) is 26.0 Å². The molecule has 1 atom stereocenters. The normalized spacial score (nSPS) is 13.6. The predicted octanol–water partition coefficient (Wildman–Crippen LogP) is 1.95. The van der Waals surface area contributed by atoms with Crippen LogP contribution in [0, 0.1) is 13.8 Å². The molecule has 0 radical (unpaired) electrons. The predicted molar refractivity (Wildman–Crippen MR) is 77.3 cm³/mol. The zero-order valence-electron chi connectivity index (χ0n) is 11.0. The molecule has 0 spiro atoms. The Kier molecular flexibility index (Phi) is 5.33. The molecule has 0 fully saturated rings. The molecule has 18 heavy (non-hydrogen) atoms. The zero-order valence-corrected chi connectivity index (χ0v) is 13.4. The van der Waals surface area contributed by atoms with Gasteiger partial charge in [0, 0.05) is 17.1 Å². The Morgan fingerprint density at radius 2 is 1.78 bits per heavy atom. The molecule has 0 aromatic heterocycles. The lowest BCUT2D eigenvalue weighted by Crippen LogP contribution is -2.37. The van der Waals surface area contributed by atoms with Gasteiger partial charge in [-0.1, -0.05) is 15.9 Å². The number of hydrogen-bond donors (Lipinski definition) is 2. The van der Waals surface area contributed by atoms with Crippen molar-refractivity contribution in [3.05, 3.63) is 27.7 Å². The largest absolute Gasteiger partial charge is 0.316 e. The van der Waals surface area contributed by atoms with Crippen LogP contribution in [0.1, 0.15) is 18.1 Å². The van der Waals surface area contributed by atoms with E-state index in [1.54, 1.807) is 20.9 Å². The van der Waals surface area contributed by atoms with E-state index in [1.165, 1.54) is 0 Å². The van der Waals surface area contributed by atoms with Crippen molar-refractivity contribution < 1.29 is 8.42 Å². The summed E-state index contributed by atoms with van der Waals surface area (Å²) in [6, 6.07) is 3.71. The van der Waals surface area contributed by atoms with Gasteiger partial charge >= 0.3 is 0 Å². The molecule has 0 saturated carbocycles. The van der Waals surface area contributed by atoms with E-state index < -0.39 is 10.0 Å². The van der Waals surface area contributed by atoms with Crippen molar-refractivity contribution in [1.82, 2.24) is 10.0 Å². The summed E-state index contributed by atoms with van der Waals surface area (Å²) in [5.41, 5.74) is 1.48. The third-order valence-electron chi connectivity index (χ3n) is 2.77. The number of likely N-dealkylation sites (N-methyl/N-ethyl adjacent to an activating group) is 1. The fourth-order valence-electron chi connectivity index (χ4n) is 1.73. The Morgan fingerprint density at radius 3 is 2.22 bits per heavy atom. The molecule has 1 rings (SSSR count). The van der Waals surface area contributed by atoms with Crippen LogP contribution < -0.4 is 10.0 Å². The monoisotopic (exact) mass is 334 g/mol. The third kappa shape index (κ3) is 3.78. The average molecular weight is 335 g/mol. The first-order valence-electron chi connectivity index (χ1n) is 5.71. The summed E-state index contributed by atoms with van der Waals surface area (Å²) in [4.78, 5) is 0.369. The molecule has 0 aliphatic carbocycles. The highest BCUT2D eigenvalue weighted by Crippen LogP contribution is 2.24. The highest BCUT2D eigenvalue weighted by molar-refractivity contribution is 9.10. The minimum Gasteiger partial charge on any atom is -0.316 e. The molecule has 0 bridgehead atoms. The fraction of sp³-hybridized carbons (Fsp3) is 0.500. The van der Waals surface area contributed by atoms with Gasteiger partial charge in [-0.15, -0.1) is 0 Å². The zero-order chi connectivity index (χ0) is 13.9. The first kappa shape index (κ1) is 15.6. The molecule has 1 unspecified atom stereocenters. The quantitative estimate of drug-likeness (QED) is 0.865. The molecule has 1 aromatic rings. The number of halogens is 1. The van der Waals surface area contributed by atoms with Gasteiger partial charge in [-0.3, -0.25) is 0 Å². The Balaban J connectivity index is 3.06. The van der Waals surface area contributed by atoms with E-state index in [9.17, 15) is 8.42 Å². The second-order valence-electron chi connectivity index (χ2n) is 4.41. The summed E-state index contributed by atoms with van der Waals surface area (Å²) in [6.45, 7) is 5.89. The molecule has 4 nitrogen and oxygen atoms in total. The van der Waals surface area contributed by atoms with E-state index >= 15 is 0 Å². The van der Waals surface area contributed by atoms with Gasteiger partial charge in [0.25, 0.3) is 0 Å². The molecule has 1 aromatic carbocycles. The maximum atomic E-state index is 12.3. The van der Waals surface area contributed by atoms with Crippen LogP contribution in [0.25, 0.3) is 0 Å². The standard InChI is InChI=1S/C12H19BrN2O2S/c1-8-5-11(13)6-9(2)12(8)18(16,17)15-7-10(3)14-4/h5-6,10,14-15H,7H2,1-4H3. The third-order valence-corrected chi connectivity index (χ3v) is 4.95. The highest BCUT2D eigenvalue weighted by Gasteiger charge is 2.20. The molecular formula is C12H19BrN2O2S. The van der Waals surface area contributed by atoms with Crippen LogP contribution in [0.15, 0.2) is 21.5 Å². The number of hydrogen-bond acceptors (Lipinski definition) is 3. The number of rotatable bonds is 5. The fourth-order valence-corrected chi connectivity index (χ4v) is 4.00. The SMILES string of the molecule is CNC(C)CNS(=O)(=O)c1c(C)cc(Br)cc1C. The summed E-state index contributed by atoms with van der Waals surface area (Å²) in [5.74, 6) is 0. The van der Waals surface area contributed by atoms with Gasteiger partial charge in [0.15, 0.2) is 0 Å². The lowest BCUT2D eigenvalue weighted by molar-refractivity contribution is 0.553. The van der Waals surface area contributed by atoms with Crippen molar-refractivity contribution >= 4 is 26.0 Å².